The summed E-state index contributed by atoms with van der Waals surface area (Å²) in [6, 6.07) is 10.2. The first-order valence-electron chi connectivity index (χ1n) is 6.07. The summed E-state index contributed by atoms with van der Waals surface area (Å²) >= 11 is 1.18. The highest BCUT2D eigenvalue weighted by atomic mass is 32.2. The maximum Gasteiger partial charge on any atom is 0.264 e. The predicted molar refractivity (Wildman–Crippen MR) is 83.8 cm³/mol. The minimum atomic E-state index is -3.74. The Morgan fingerprint density at radius 1 is 1.10 bits per heavy atom. The van der Waals surface area contributed by atoms with Crippen LogP contribution in [0.3, 0.4) is 0 Å². The van der Waals surface area contributed by atoms with Crippen LogP contribution in [0.25, 0.3) is 10.8 Å². The first-order chi connectivity index (χ1) is 9.97. The summed E-state index contributed by atoms with van der Waals surface area (Å²) in [5, 5.41) is 9.78. The topological polar surface area (TPSA) is 98.0 Å². The van der Waals surface area contributed by atoms with Crippen molar-refractivity contribution >= 4 is 43.0 Å². The molecule has 108 valence electrons. The molecule has 0 bridgehead atoms. The molecule has 3 N–H and O–H groups in total. The number of nitrogen functional groups attached to an aromatic ring is 1. The van der Waals surface area contributed by atoms with Gasteiger partial charge in [0, 0.05) is 16.5 Å². The molecule has 3 aromatic rings. The molecule has 1 heterocycles. The molecule has 0 spiro atoms. The number of aromatic nitrogens is 2. The number of hydrogen-bond donors (Lipinski definition) is 2. The van der Waals surface area contributed by atoms with Crippen LogP contribution in [0.15, 0.2) is 41.3 Å². The lowest BCUT2D eigenvalue weighted by atomic mass is 10.1. The van der Waals surface area contributed by atoms with E-state index in [1.165, 1.54) is 17.4 Å². The zero-order valence-corrected chi connectivity index (χ0v) is 12.7. The Bertz CT molecular complexity index is 919. The van der Waals surface area contributed by atoms with E-state index < -0.39 is 10.0 Å². The summed E-state index contributed by atoms with van der Waals surface area (Å²) in [4.78, 5) is 0.167. The van der Waals surface area contributed by atoms with Crippen LogP contribution in [0.2, 0.25) is 0 Å². The van der Waals surface area contributed by atoms with Gasteiger partial charge in [0.1, 0.15) is 5.01 Å². The normalized spacial score (nSPS) is 11.7. The number of fused-ring (bicyclic) bond motifs is 1. The second kappa shape index (κ2) is 4.97. The molecule has 1 aromatic heterocycles. The van der Waals surface area contributed by atoms with Gasteiger partial charge in [0.15, 0.2) is 0 Å². The van der Waals surface area contributed by atoms with E-state index in [-0.39, 0.29) is 10.0 Å². The molecule has 0 fully saturated rings. The molecule has 0 aliphatic rings. The van der Waals surface area contributed by atoms with Crippen molar-refractivity contribution in [2.45, 2.75) is 11.8 Å². The van der Waals surface area contributed by atoms with Crippen LogP contribution in [-0.2, 0) is 10.0 Å². The van der Waals surface area contributed by atoms with Crippen molar-refractivity contribution in [3.63, 3.8) is 0 Å². The second-order valence-electron chi connectivity index (χ2n) is 4.43. The van der Waals surface area contributed by atoms with Crippen molar-refractivity contribution in [3.05, 3.63) is 41.4 Å². The number of anilines is 2. The van der Waals surface area contributed by atoms with Crippen LogP contribution in [0.4, 0.5) is 10.8 Å². The van der Waals surface area contributed by atoms with E-state index in [2.05, 4.69) is 14.9 Å². The summed E-state index contributed by atoms with van der Waals surface area (Å²) in [7, 11) is -3.74. The lowest BCUT2D eigenvalue weighted by Crippen LogP contribution is -2.13. The van der Waals surface area contributed by atoms with Gasteiger partial charge in [0.05, 0.1) is 4.90 Å². The molecule has 0 saturated carbocycles. The molecule has 0 saturated heterocycles. The van der Waals surface area contributed by atoms with Gasteiger partial charge in [-0.1, -0.05) is 35.6 Å². The summed E-state index contributed by atoms with van der Waals surface area (Å²) in [6.45, 7) is 1.76. The van der Waals surface area contributed by atoms with Crippen molar-refractivity contribution in [1.82, 2.24) is 10.2 Å². The molecule has 21 heavy (non-hydrogen) atoms. The second-order valence-corrected chi connectivity index (χ2v) is 7.26. The van der Waals surface area contributed by atoms with Gasteiger partial charge in [-0.25, -0.2) is 8.42 Å². The highest BCUT2D eigenvalue weighted by molar-refractivity contribution is 7.93. The Balaban J connectivity index is 2.13. The maximum atomic E-state index is 12.5. The number of nitrogens with one attached hydrogen (secondary N) is 1. The zero-order valence-electron chi connectivity index (χ0n) is 11.1. The summed E-state index contributed by atoms with van der Waals surface area (Å²) in [5.74, 6) is 0. The first kappa shape index (κ1) is 13.8. The Kier molecular flexibility index (Phi) is 3.26. The third-order valence-corrected chi connectivity index (χ3v) is 5.24. The molecule has 0 aliphatic carbocycles. The predicted octanol–water partition coefficient (Wildman–Crippen LogP) is 2.38. The highest BCUT2D eigenvalue weighted by Gasteiger charge is 2.19. The Hall–Kier alpha value is -2.19. The fourth-order valence-corrected chi connectivity index (χ4v) is 4.07. The Morgan fingerprint density at radius 3 is 2.48 bits per heavy atom. The molecule has 2 aromatic carbocycles. The van der Waals surface area contributed by atoms with Crippen molar-refractivity contribution in [1.29, 1.82) is 0 Å². The van der Waals surface area contributed by atoms with E-state index in [0.717, 1.165) is 0 Å². The average molecular weight is 320 g/mol. The van der Waals surface area contributed by atoms with Crippen LogP contribution in [0.5, 0.6) is 0 Å². The lowest BCUT2D eigenvalue weighted by Gasteiger charge is -2.09. The van der Waals surface area contributed by atoms with E-state index in [9.17, 15) is 8.42 Å². The van der Waals surface area contributed by atoms with Gasteiger partial charge in [-0.3, -0.25) is 4.72 Å². The van der Waals surface area contributed by atoms with Crippen molar-refractivity contribution in [2.24, 2.45) is 0 Å². The largest absolute Gasteiger partial charge is 0.398 e. The first-order valence-corrected chi connectivity index (χ1v) is 8.37. The summed E-state index contributed by atoms with van der Waals surface area (Å²) in [5.41, 5.74) is 6.43. The SMILES string of the molecule is Cc1nnc(NS(=O)(=O)c2ccc(N)c3ccccc23)s1. The minimum Gasteiger partial charge on any atom is -0.398 e. The van der Waals surface area contributed by atoms with Gasteiger partial charge in [0.25, 0.3) is 10.0 Å². The van der Waals surface area contributed by atoms with Crippen LogP contribution >= 0.6 is 11.3 Å². The van der Waals surface area contributed by atoms with Crippen LogP contribution in [0.1, 0.15) is 5.01 Å². The third-order valence-electron chi connectivity index (χ3n) is 2.96. The molecule has 0 aliphatic heterocycles. The summed E-state index contributed by atoms with van der Waals surface area (Å²) in [6.07, 6.45) is 0. The molecule has 0 atom stereocenters. The van der Waals surface area contributed by atoms with Crippen LogP contribution in [-0.4, -0.2) is 18.6 Å². The quantitative estimate of drug-likeness (QED) is 0.722. The van der Waals surface area contributed by atoms with Crippen molar-refractivity contribution < 1.29 is 8.42 Å². The van der Waals surface area contributed by atoms with Crippen LogP contribution in [0, 0.1) is 6.92 Å². The van der Waals surface area contributed by atoms with E-state index in [1.54, 1.807) is 31.2 Å². The Labute approximate surface area is 125 Å². The molecule has 6 nitrogen and oxygen atoms in total. The fraction of sp³-hybridized carbons (Fsp3) is 0.0769. The third kappa shape index (κ3) is 2.55. The van der Waals surface area contributed by atoms with Gasteiger partial charge in [-0.05, 0) is 19.1 Å². The number of nitrogens with two attached hydrogens (primary N) is 1. The fourth-order valence-electron chi connectivity index (χ4n) is 2.04. The number of nitrogens with zero attached hydrogens (tertiary/aromatic N) is 2. The maximum absolute atomic E-state index is 12.5. The minimum absolute atomic E-state index is 0.167. The zero-order chi connectivity index (χ0) is 15.0. The van der Waals surface area contributed by atoms with Crippen molar-refractivity contribution in [2.75, 3.05) is 10.5 Å². The van der Waals surface area contributed by atoms with Gasteiger partial charge >= 0.3 is 0 Å². The smallest absolute Gasteiger partial charge is 0.264 e. The van der Waals surface area contributed by atoms with Gasteiger partial charge in [0.2, 0.25) is 5.13 Å². The molecule has 0 amide bonds. The van der Waals surface area contributed by atoms with Gasteiger partial charge < -0.3 is 5.73 Å². The van der Waals surface area contributed by atoms with Gasteiger partial charge in [-0.15, -0.1) is 10.2 Å². The highest BCUT2D eigenvalue weighted by Crippen LogP contribution is 2.29. The number of benzene rings is 2. The number of aryl methyl sites for hydroxylation is 1. The van der Waals surface area contributed by atoms with Crippen LogP contribution < -0.4 is 10.5 Å². The number of rotatable bonds is 3. The molecular formula is C13H12N4O2S2. The molecule has 0 radical (unpaired) electrons. The van der Waals surface area contributed by atoms with Crippen molar-refractivity contribution in [3.8, 4) is 0 Å². The average Bonchev–Trinajstić information content (AvgIpc) is 2.83. The van der Waals surface area contributed by atoms with E-state index in [1.807, 2.05) is 6.07 Å². The van der Waals surface area contributed by atoms with E-state index in [0.29, 0.717) is 21.5 Å². The molecular weight excluding hydrogens is 308 g/mol. The molecule has 8 heteroatoms. The molecule has 0 unspecified atom stereocenters. The standard InChI is InChI=1S/C13H12N4O2S2/c1-8-15-16-13(20-8)17-21(18,19)12-7-6-11(14)9-4-2-3-5-10(9)12/h2-7H,14H2,1H3,(H,16,17). The van der Waals surface area contributed by atoms with Gasteiger partial charge in [-0.2, -0.15) is 0 Å². The summed E-state index contributed by atoms with van der Waals surface area (Å²) < 4.78 is 27.5. The van der Waals surface area contributed by atoms with E-state index in [4.69, 9.17) is 5.73 Å². The number of sulfonamides is 1. The van der Waals surface area contributed by atoms with E-state index >= 15 is 0 Å². The number of hydrogen-bond acceptors (Lipinski definition) is 6. The Morgan fingerprint density at radius 2 is 1.81 bits per heavy atom. The molecule has 3 rings (SSSR count). The lowest BCUT2D eigenvalue weighted by molar-refractivity contribution is 0.602. The monoisotopic (exact) mass is 320 g/mol.